The van der Waals surface area contributed by atoms with Gasteiger partial charge in [0.2, 0.25) is 0 Å². The Morgan fingerprint density at radius 3 is 1.81 bits per heavy atom. The number of halogens is 1. The number of fused-ring (bicyclic) bond motifs is 4. The molecular formula is C43H49ClN6O3. The van der Waals surface area contributed by atoms with Gasteiger partial charge in [-0.25, -0.2) is 9.97 Å². The fourth-order valence-electron chi connectivity index (χ4n) is 6.92. The fraction of sp³-hybridized carbons (Fsp3) is 0.349. The molecule has 6 aromatic rings. The summed E-state index contributed by atoms with van der Waals surface area (Å²) in [6.45, 7) is 10.5. The van der Waals surface area contributed by atoms with Crippen molar-refractivity contribution in [1.82, 2.24) is 29.1 Å². The van der Waals surface area contributed by atoms with E-state index in [1.165, 1.54) is 5.56 Å². The lowest BCUT2D eigenvalue weighted by Crippen LogP contribution is -2.35. The highest BCUT2D eigenvalue weighted by Crippen LogP contribution is 2.31. The van der Waals surface area contributed by atoms with E-state index in [9.17, 15) is 9.59 Å². The number of aryl methyl sites for hydroxylation is 2. The smallest absolute Gasteiger partial charge is 0.261 e. The molecule has 8 rings (SSSR count). The van der Waals surface area contributed by atoms with Gasteiger partial charge in [0.25, 0.3) is 11.1 Å². The first-order valence-electron chi connectivity index (χ1n) is 18.0. The molecule has 0 saturated carbocycles. The predicted molar refractivity (Wildman–Crippen MR) is 216 cm³/mol. The monoisotopic (exact) mass is 732 g/mol. The summed E-state index contributed by atoms with van der Waals surface area (Å²) in [7, 11) is 1.00. The second kappa shape index (κ2) is 16.8. The number of hydrogen-bond donors (Lipinski definition) is 1. The summed E-state index contributed by atoms with van der Waals surface area (Å²) in [5, 5.41) is 8.42. The molecule has 2 aromatic carbocycles. The normalized spacial score (nSPS) is 15.3. The molecule has 0 saturated heterocycles. The minimum atomic E-state index is 0. The number of hydrogen-bond acceptors (Lipinski definition) is 7. The largest absolute Gasteiger partial charge is 0.400 e. The lowest BCUT2D eigenvalue weighted by atomic mass is 9.83. The number of aliphatic hydroxyl groups is 1. The molecule has 2 aliphatic rings. The zero-order valence-electron chi connectivity index (χ0n) is 31.2. The van der Waals surface area contributed by atoms with E-state index >= 15 is 0 Å². The lowest BCUT2D eigenvalue weighted by Gasteiger charge is -2.31. The summed E-state index contributed by atoms with van der Waals surface area (Å²) >= 11 is 0. The molecule has 276 valence electrons. The first-order chi connectivity index (χ1) is 25.0. The molecule has 0 unspecified atom stereocenters. The van der Waals surface area contributed by atoms with E-state index in [2.05, 4.69) is 43.7 Å². The second-order valence-electron chi connectivity index (χ2n) is 15.2. The van der Waals surface area contributed by atoms with Gasteiger partial charge in [-0.1, -0.05) is 58.0 Å². The molecule has 0 aliphatic carbocycles. The van der Waals surface area contributed by atoms with Gasteiger partial charge in [-0.05, 0) is 102 Å². The van der Waals surface area contributed by atoms with Gasteiger partial charge < -0.3 is 5.11 Å². The van der Waals surface area contributed by atoms with Gasteiger partial charge in [0.1, 0.15) is 11.6 Å². The molecule has 10 heteroatoms. The number of rotatable bonds is 5. The standard InChI is InChI=1S/C21H23N3O.C21H21N3O.CH4O.ClH/c2*1-21(2)10-12-24-19(14-21)23-18-13-15(7-9-17(18)20(24)25)6-8-16-5-3-4-11-22-16;1-2;/h3-5,7,9,11,13H,6,8,10,12,14H2,1-2H3;3-9,11,13H,10,12,14H2,1-2H3;2H,1H3;1H/b;8-6+;;. The van der Waals surface area contributed by atoms with E-state index in [4.69, 9.17) is 15.1 Å². The van der Waals surface area contributed by atoms with Crippen LogP contribution in [0, 0.1) is 10.8 Å². The fourth-order valence-corrected chi connectivity index (χ4v) is 6.92. The van der Waals surface area contributed by atoms with Crippen molar-refractivity contribution < 1.29 is 5.11 Å². The van der Waals surface area contributed by atoms with Gasteiger partial charge in [-0.2, -0.15) is 0 Å². The summed E-state index contributed by atoms with van der Waals surface area (Å²) < 4.78 is 3.71. The molecule has 2 aliphatic heterocycles. The van der Waals surface area contributed by atoms with E-state index in [1.54, 1.807) is 6.20 Å². The van der Waals surface area contributed by atoms with Crippen LogP contribution in [0.4, 0.5) is 0 Å². The van der Waals surface area contributed by atoms with Gasteiger partial charge in [-0.15, -0.1) is 12.4 Å². The molecule has 0 amide bonds. The summed E-state index contributed by atoms with van der Waals surface area (Å²) in [4.78, 5) is 43.9. The van der Waals surface area contributed by atoms with Crippen LogP contribution in [0.15, 0.2) is 94.8 Å². The number of aromatic nitrogens is 6. The van der Waals surface area contributed by atoms with Crippen LogP contribution in [0.3, 0.4) is 0 Å². The molecule has 0 fully saturated rings. The van der Waals surface area contributed by atoms with E-state index < -0.39 is 0 Å². The first kappa shape index (κ1) is 39.2. The van der Waals surface area contributed by atoms with E-state index in [0.29, 0.717) is 5.39 Å². The van der Waals surface area contributed by atoms with Crippen molar-refractivity contribution in [1.29, 1.82) is 0 Å². The van der Waals surface area contributed by atoms with Crippen LogP contribution in [-0.4, -0.2) is 41.3 Å². The predicted octanol–water partition coefficient (Wildman–Crippen LogP) is 7.51. The topological polar surface area (TPSA) is 116 Å². The van der Waals surface area contributed by atoms with Crippen molar-refractivity contribution in [2.24, 2.45) is 10.8 Å². The van der Waals surface area contributed by atoms with Crippen molar-refractivity contribution in [3.05, 3.63) is 140 Å². The van der Waals surface area contributed by atoms with Crippen molar-refractivity contribution in [2.45, 2.75) is 79.3 Å². The number of pyridine rings is 2. The van der Waals surface area contributed by atoms with Crippen LogP contribution in [-0.2, 0) is 38.8 Å². The number of nitrogens with zero attached hydrogens (tertiary/aromatic N) is 6. The third-order valence-electron chi connectivity index (χ3n) is 9.99. The Morgan fingerprint density at radius 2 is 1.25 bits per heavy atom. The van der Waals surface area contributed by atoms with Gasteiger partial charge >= 0.3 is 0 Å². The van der Waals surface area contributed by atoms with Crippen LogP contribution in [0.2, 0.25) is 0 Å². The minimum Gasteiger partial charge on any atom is -0.400 e. The molecule has 6 heterocycles. The maximum atomic E-state index is 12.8. The summed E-state index contributed by atoms with van der Waals surface area (Å²) in [6, 6.07) is 23.7. The average molecular weight is 733 g/mol. The Balaban J connectivity index is 0.000000192. The maximum absolute atomic E-state index is 12.8. The molecule has 53 heavy (non-hydrogen) atoms. The molecule has 0 bridgehead atoms. The van der Waals surface area contributed by atoms with E-state index in [0.717, 1.165) is 104 Å². The Bertz CT molecular complexity index is 2330. The molecule has 0 spiro atoms. The zero-order chi connectivity index (χ0) is 36.9. The highest BCUT2D eigenvalue weighted by Gasteiger charge is 2.28. The van der Waals surface area contributed by atoms with E-state index in [-0.39, 0.29) is 34.4 Å². The second-order valence-corrected chi connectivity index (χ2v) is 15.2. The lowest BCUT2D eigenvalue weighted by molar-refractivity contribution is 0.261. The molecule has 4 aromatic heterocycles. The van der Waals surface area contributed by atoms with Crippen molar-refractivity contribution in [2.75, 3.05) is 7.11 Å². The van der Waals surface area contributed by atoms with Crippen molar-refractivity contribution in [3.63, 3.8) is 0 Å². The third-order valence-corrected chi connectivity index (χ3v) is 9.99. The van der Waals surface area contributed by atoms with Crippen molar-refractivity contribution >= 4 is 46.4 Å². The Hall–Kier alpha value is -4.99. The highest BCUT2D eigenvalue weighted by atomic mass is 35.5. The van der Waals surface area contributed by atoms with Crippen LogP contribution in [0.5, 0.6) is 0 Å². The Labute approximate surface area is 316 Å². The van der Waals surface area contributed by atoms with Gasteiger partial charge in [0.15, 0.2) is 0 Å². The quantitative estimate of drug-likeness (QED) is 0.195. The summed E-state index contributed by atoms with van der Waals surface area (Å²) in [6.07, 6.45) is 13.1. The summed E-state index contributed by atoms with van der Waals surface area (Å²) in [5.74, 6) is 1.83. The molecule has 0 atom stereocenters. The summed E-state index contributed by atoms with van der Waals surface area (Å²) in [5.41, 5.74) is 6.40. The minimum absolute atomic E-state index is 0. The Kier molecular flexibility index (Phi) is 12.4. The Morgan fingerprint density at radius 1 is 0.679 bits per heavy atom. The van der Waals surface area contributed by atoms with E-state index in [1.807, 2.05) is 94.2 Å². The molecule has 9 nitrogen and oxygen atoms in total. The van der Waals surface area contributed by atoms with Gasteiger partial charge in [0, 0.05) is 51.1 Å². The highest BCUT2D eigenvalue weighted by molar-refractivity contribution is 5.85. The molecule has 0 radical (unpaired) electrons. The SMILES string of the molecule is CC1(C)CCn2c(nc3cc(/C=C/c4ccccn4)ccc3c2=O)C1.CC1(C)CCn2c(nc3cc(CCc4ccccn4)ccc3c2=O)C1.CO.Cl. The van der Waals surface area contributed by atoms with Gasteiger partial charge in [-0.3, -0.25) is 28.7 Å². The number of aliphatic hydroxyl groups excluding tert-OH is 1. The number of benzene rings is 2. The molecular weight excluding hydrogens is 684 g/mol. The average Bonchev–Trinajstić information content (AvgIpc) is 3.14. The van der Waals surface area contributed by atoms with Crippen molar-refractivity contribution in [3.8, 4) is 0 Å². The van der Waals surface area contributed by atoms with Crippen LogP contribution in [0.25, 0.3) is 34.0 Å². The maximum Gasteiger partial charge on any atom is 0.261 e. The molecule has 1 N–H and O–H groups in total. The van der Waals surface area contributed by atoms with Crippen LogP contribution >= 0.6 is 12.4 Å². The van der Waals surface area contributed by atoms with Crippen LogP contribution < -0.4 is 11.1 Å². The zero-order valence-corrected chi connectivity index (χ0v) is 32.1. The first-order valence-corrected chi connectivity index (χ1v) is 18.0. The third kappa shape index (κ3) is 9.33. The van der Waals surface area contributed by atoms with Crippen LogP contribution in [0.1, 0.15) is 74.7 Å². The van der Waals surface area contributed by atoms with Gasteiger partial charge in [0.05, 0.1) is 27.5 Å².